The molecule has 1 aliphatic heterocycles. The highest BCUT2D eigenvalue weighted by atomic mass is 16.6. The smallest absolute Gasteiger partial charge is 0.158 e. The van der Waals surface area contributed by atoms with Gasteiger partial charge in [0.05, 0.1) is 17.8 Å². The summed E-state index contributed by atoms with van der Waals surface area (Å²) in [5, 5.41) is 8.13. The van der Waals surface area contributed by atoms with Gasteiger partial charge in [0, 0.05) is 0 Å². The number of aryl methyl sites for hydroxylation is 1. The van der Waals surface area contributed by atoms with E-state index in [4.69, 9.17) is 4.63 Å². The van der Waals surface area contributed by atoms with E-state index < -0.39 is 0 Å². The molecule has 0 N–H and O–H groups in total. The number of nitrogens with zero attached hydrogens (tertiary/aromatic N) is 3. The zero-order valence-corrected chi connectivity index (χ0v) is 10.3. The van der Waals surface area contributed by atoms with E-state index >= 15 is 0 Å². The maximum absolute atomic E-state index is 4.93. The van der Waals surface area contributed by atoms with Crippen LogP contribution >= 0.6 is 0 Å². The number of rotatable bonds is 1. The Kier molecular flexibility index (Phi) is 1.49. The van der Waals surface area contributed by atoms with Crippen molar-refractivity contribution in [2.75, 3.05) is 4.90 Å². The van der Waals surface area contributed by atoms with Crippen LogP contribution in [-0.4, -0.2) is 22.4 Å². The molecule has 2 aliphatic carbocycles. The summed E-state index contributed by atoms with van der Waals surface area (Å²) in [4.78, 5) is 2.57. The van der Waals surface area contributed by atoms with E-state index in [9.17, 15) is 0 Å². The maximum Gasteiger partial charge on any atom is 0.158 e. The average molecular weight is 241 g/mol. The highest BCUT2D eigenvalue weighted by Gasteiger charge is 2.64. The zero-order valence-electron chi connectivity index (χ0n) is 10.3. The van der Waals surface area contributed by atoms with Gasteiger partial charge >= 0.3 is 0 Å². The van der Waals surface area contributed by atoms with E-state index in [2.05, 4.69) is 34.3 Å². The molecule has 3 fully saturated rings. The average Bonchev–Trinajstić information content (AvgIpc) is 2.79. The molecule has 0 amide bonds. The Bertz CT molecular complexity index is 634. The molecule has 92 valence electrons. The van der Waals surface area contributed by atoms with Crippen LogP contribution in [0.5, 0.6) is 0 Å². The molecular formula is C14H15N3O. The van der Waals surface area contributed by atoms with Gasteiger partial charge in [-0.15, -0.1) is 0 Å². The second kappa shape index (κ2) is 2.87. The molecular weight excluding hydrogens is 226 g/mol. The van der Waals surface area contributed by atoms with Crippen molar-refractivity contribution >= 4 is 16.7 Å². The third-order valence-electron chi connectivity index (χ3n) is 5.26. The maximum atomic E-state index is 4.93. The highest BCUT2D eigenvalue weighted by Crippen LogP contribution is 2.60. The van der Waals surface area contributed by atoms with Crippen molar-refractivity contribution in [2.24, 2.45) is 11.8 Å². The molecule has 1 saturated heterocycles. The lowest BCUT2D eigenvalue weighted by Crippen LogP contribution is -2.11. The van der Waals surface area contributed by atoms with Gasteiger partial charge in [-0.05, 0) is 60.0 Å². The first-order valence-corrected chi connectivity index (χ1v) is 6.85. The predicted molar refractivity (Wildman–Crippen MR) is 67.4 cm³/mol. The Balaban J connectivity index is 1.64. The van der Waals surface area contributed by atoms with Gasteiger partial charge in [0.15, 0.2) is 5.52 Å². The molecule has 4 heteroatoms. The fourth-order valence-electron chi connectivity index (χ4n) is 4.46. The number of fused-ring (bicyclic) bond motifs is 6. The second-order valence-electron chi connectivity index (χ2n) is 6.08. The van der Waals surface area contributed by atoms with Crippen LogP contribution in [-0.2, 0) is 0 Å². The van der Waals surface area contributed by atoms with Crippen LogP contribution in [0.2, 0.25) is 0 Å². The summed E-state index contributed by atoms with van der Waals surface area (Å²) >= 11 is 0. The molecule has 0 radical (unpaired) electrons. The van der Waals surface area contributed by atoms with Crippen molar-refractivity contribution in [3.8, 4) is 0 Å². The normalized spacial score (nSPS) is 36.4. The quantitative estimate of drug-likeness (QED) is 0.719. The number of hydrogen-bond acceptors (Lipinski definition) is 4. The lowest BCUT2D eigenvalue weighted by molar-refractivity contribution is 0.315. The first kappa shape index (κ1) is 9.36. The first-order valence-electron chi connectivity index (χ1n) is 6.85. The number of piperidine rings is 1. The molecule has 4 unspecified atom stereocenters. The van der Waals surface area contributed by atoms with E-state index in [-0.39, 0.29) is 0 Å². The largest absolute Gasteiger partial charge is 0.359 e. The van der Waals surface area contributed by atoms with Crippen LogP contribution in [0.4, 0.5) is 5.69 Å². The molecule has 2 aromatic rings. The van der Waals surface area contributed by atoms with Gasteiger partial charge in [-0.3, -0.25) is 0 Å². The molecule has 2 saturated carbocycles. The van der Waals surface area contributed by atoms with Crippen LogP contribution in [0.15, 0.2) is 16.8 Å². The van der Waals surface area contributed by atoms with E-state index in [0.717, 1.165) is 40.5 Å². The minimum Gasteiger partial charge on any atom is -0.359 e. The second-order valence-corrected chi connectivity index (χ2v) is 6.08. The summed E-state index contributed by atoms with van der Waals surface area (Å²) in [6.07, 6.45) is 4.31. The van der Waals surface area contributed by atoms with Crippen molar-refractivity contribution in [3.63, 3.8) is 0 Å². The van der Waals surface area contributed by atoms with E-state index in [1.165, 1.54) is 24.9 Å². The fraction of sp³-hybridized carbons (Fsp3) is 0.571. The summed E-state index contributed by atoms with van der Waals surface area (Å²) in [6.45, 7) is 2.06. The Labute approximate surface area is 105 Å². The van der Waals surface area contributed by atoms with Crippen molar-refractivity contribution in [1.82, 2.24) is 10.3 Å². The lowest BCUT2D eigenvalue weighted by atomic mass is 10.0. The van der Waals surface area contributed by atoms with Gasteiger partial charge in [-0.25, -0.2) is 4.63 Å². The van der Waals surface area contributed by atoms with Crippen molar-refractivity contribution in [3.05, 3.63) is 17.7 Å². The molecule has 2 bridgehead atoms. The summed E-state index contributed by atoms with van der Waals surface area (Å²) in [5.41, 5.74) is 4.25. The van der Waals surface area contributed by atoms with Crippen molar-refractivity contribution in [1.29, 1.82) is 0 Å². The number of aromatic nitrogens is 2. The lowest BCUT2D eigenvalue weighted by Gasteiger charge is -2.13. The Hall–Kier alpha value is -1.58. The first-order chi connectivity index (χ1) is 8.84. The van der Waals surface area contributed by atoms with Crippen molar-refractivity contribution in [2.45, 2.75) is 38.3 Å². The summed E-state index contributed by atoms with van der Waals surface area (Å²) in [5.74, 6) is 1.85. The van der Waals surface area contributed by atoms with Gasteiger partial charge in [0.1, 0.15) is 5.52 Å². The van der Waals surface area contributed by atoms with E-state index in [0.29, 0.717) is 0 Å². The Morgan fingerprint density at radius 2 is 1.83 bits per heavy atom. The number of anilines is 1. The van der Waals surface area contributed by atoms with Crippen molar-refractivity contribution < 1.29 is 4.63 Å². The van der Waals surface area contributed by atoms with E-state index in [1.807, 2.05) is 0 Å². The minimum absolute atomic E-state index is 0.784. The van der Waals surface area contributed by atoms with Gasteiger partial charge in [0.25, 0.3) is 0 Å². The third-order valence-corrected chi connectivity index (χ3v) is 5.26. The minimum atomic E-state index is 0.784. The summed E-state index contributed by atoms with van der Waals surface area (Å²) < 4.78 is 4.93. The Morgan fingerprint density at radius 3 is 2.61 bits per heavy atom. The topological polar surface area (TPSA) is 41.9 Å². The van der Waals surface area contributed by atoms with Gasteiger partial charge < -0.3 is 4.90 Å². The number of benzene rings is 1. The van der Waals surface area contributed by atoms with Crippen LogP contribution in [0.3, 0.4) is 0 Å². The SMILES string of the molecule is Cc1ccc(N2C3C4CCC(C4)C32)c2nonc12. The van der Waals surface area contributed by atoms with Gasteiger partial charge in [-0.2, -0.15) is 0 Å². The van der Waals surface area contributed by atoms with Crippen LogP contribution in [0.1, 0.15) is 24.8 Å². The van der Waals surface area contributed by atoms with Crippen LogP contribution < -0.4 is 4.90 Å². The molecule has 2 heterocycles. The summed E-state index contributed by atoms with van der Waals surface area (Å²) in [7, 11) is 0. The molecule has 4 atom stereocenters. The molecule has 3 aliphatic rings. The van der Waals surface area contributed by atoms with Crippen LogP contribution in [0.25, 0.3) is 11.0 Å². The van der Waals surface area contributed by atoms with Gasteiger partial charge in [0.2, 0.25) is 0 Å². The van der Waals surface area contributed by atoms with Crippen LogP contribution in [0, 0.1) is 18.8 Å². The molecule has 1 aromatic heterocycles. The molecule has 5 rings (SSSR count). The monoisotopic (exact) mass is 241 g/mol. The molecule has 1 aromatic carbocycles. The Morgan fingerprint density at radius 1 is 1.11 bits per heavy atom. The third kappa shape index (κ3) is 0.945. The highest BCUT2D eigenvalue weighted by molar-refractivity contribution is 5.91. The molecule has 4 nitrogen and oxygen atoms in total. The standard InChI is InChI=1S/C14H15N3O/c1-7-2-5-10(12-11(7)15-18-16-12)17-13-8-3-4-9(6-8)14(13)17/h2,5,8-9,13-14H,3-4,6H2,1H3. The predicted octanol–water partition coefficient (Wildman–Crippen LogP) is 2.52. The zero-order chi connectivity index (χ0) is 11.9. The fourth-order valence-corrected chi connectivity index (χ4v) is 4.46. The molecule has 0 spiro atoms. The molecule has 18 heavy (non-hydrogen) atoms. The summed E-state index contributed by atoms with van der Waals surface area (Å²) in [6, 6.07) is 5.90. The van der Waals surface area contributed by atoms with Gasteiger partial charge in [-0.1, -0.05) is 6.07 Å². The van der Waals surface area contributed by atoms with E-state index in [1.54, 1.807) is 0 Å². The number of hydrogen-bond donors (Lipinski definition) is 0.